The van der Waals surface area contributed by atoms with Crippen LogP contribution in [0.1, 0.15) is 39.6 Å². The molecule has 3 heterocycles. The van der Waals surface area contributed by atoms with Gasteiger partial charge in [-0.2, -0.15) is 4.98 Å². The molecule has 3 aromatic heterocycles. The number of hydrogen-bond donors (Lipinski definition) is 1. The molecule has 0 spiro atoms. The van der Waals surface area contributed by atoms with Crippen LogP contribution in [0.15, 0.2) is 33.8 Å². The van der Waals surface area contributed by atoms with Crippen molar-refractivity contribution in [2.45, 2.75) is 39.3 Å². The second kappa shape index (κ2) is 5.90. The van der Waals surface area contributed by atoms with Crippen LogP contribution in [-0.4, -0.2) is 29.2 Å². The van der Waals surface area contributed by atoms with Gasteiger partial charge in [-0.15, -0.1) is 0 Å². The van der Waals surface area contributed by atoms with Crippen LogP contribution in [0.4, 0.5) is 0 Å². The van der Waals surface area contributed by atoms with Gasteiger partial charge in [0.1, 0.15) is 17.4 Å². The lowest BCUT2D eigenvalue weighted by Gasteiger charge is -2.16. The van der Waals surface area contributed by atoms with Crippen molar-refractivity contribution in [3.8, 4) is 11.6 Å². The summed E-state index contributed by atoms with van der Waals surface area (Å²) >= 11 is 6.39. The third kappa shape index (κ3) is 2.64. The highest BCUT2D eigenvalue weighted by molar-refractivity contribution is 6.35. The highest BCUT2D eigenvalue weighted by Crippen LogP contribution is 2.29. The fourth-order valence-electron chi connectivity index (χ4n) is 3.11. The number of nitrogens with zero attached hydrogens (tertiary/aromatic N) is 5. The summed E-state index contributed by atoms with van der Waals surface area (Å²) in [6, 6.07) is 5.31. The van der Waals surface area contributed by atoms with E-state index in [2.05, 4.69) is 15.1 Å². The van der Waals surface area contributed by atoms with Gasteiger partial charge >= 0.3 is 0 Å². The van der Waals surface area contributed by atoms with Crippen LogP contribution in [0.3, 0.4) is 0 Å². The van der Waals surface area contributed by atoms with Gasteiger partial charge in [-0.1, -0.05) is 22.8 Å². The molecule has 1 aromatic carbocycles. The molecule has 0 fully saturated rings. The molecule has 0 saturated heterocycles. The number of imidazole rings is 1. The summed E-state index contributed by atoms with van der Waals surface area (Å²) in [5.74, 6) is 0.190. The molecule has 0 aliphatic carbocycles. The molecule has 9 heteroatoms. The first-order chi connectivity index (χ1) is 12.7. The quantitative estimate of drug-likeness (QED) is 0.579. The van der Waals surface area contributed by atoms with E-state index in [1.807, 2.05) is 26.0 Å². The lowest BCUT2D eigenvalue weighted by Crippen LogP contribution is -2.25. The van der Waals surface area contributed by atoms with Crippen LogP contribution in [0.25, 0.3) is 28.1 Å². The monoisotopic (exact) mass is 387 g/mol. The summed E-state index contributed by atoms with van der Waals surface area (Å²) in [5.41, 5.74) is 0.422. The molecule has 0 aliphatic heterocycles. The Kier molecular flexibility index (Phi) is 3.87. The Morgan fingerprint density at radius 2 is 2.00 bits per heavy atom. The maximum Gasteiger partial charge on any atom is 0.279 e. The molecular weight excluding hydrogens is 370 g/mol. The molecule has 8 nitrogen and oxygen atoms in total. The topological polar surface area (TPSA) is 98.5 Å². The first-order valence-electron chi connectivity index (χ1n) is 8.47. The standard InChI is InChI=1S/C18H18ClN5O3/c1-9(2)24-13-10(19)6-5-7-11(13)23-8-20-12(14(23)16(24)25)15-21-17(22-27-15)18(3,4)26/h5-9,26H,1-4H3. The van der Waals surface area contributed by atoms with Crippen molar-refractivity contribution >= 4 is 28.2 Å². The lowest BCUT2D eigenvalue weighted by molar-refractivity contribution is 0.0661. The van der Waals surface area contributed by atoms with E-state index in [4.69, 9.17) is 16.1 Å². The molecular formula is C18H18ClN5O3. The highest BCUT2D eigenvalue weighted by atomic mass is 35.5. The van der Waals surface area contributed by atoms with Gasteiger partial charge in [-0.05, 0) is 39.8 Å². The summed E-state index contributed by atoms with van der Waals surface area (Å²) in [6.45, 7) is 6.92. The second-order valence-corrected chi connectivity index (χ2v) is 7.58. The third-order valence-electron chi connectivity index (χ3n) is 4.35. The fourth-order valence-corrected chi connectivity index (χ4v) is 3.37. The number of hydrogen-bond acceptors (Lipinski definition) is 6. The van der Waals surface area contributed by atoms with Gasteiger partial charge in [0.25, 0.3) is 11.4 Å². The number of aliphatic hydroxyl groups is 1. The average molecular weight is 388 g/mol. The Balaban J connectivity index is 2.11. The molecule has 0 saturated carbocycles. The van der Waals surface area contributed by atoms with Crippen molar-refractivity contribution in [2.75, 3.05) is 0 Å². The predicted molar refractivity (Wildman–Crippen MR) is 101 cm³/mol. The zero-order valence-corrected chi connectivity index (χ0v) is 16.0. The molecule has 0 unspecified atom stereocenters. The summed E-state index contributed by atoms with van der Waals surface area (Å²) in [6.07, 6.45) is 1.53. The molecule has 1 N–H and O–H groups in total. The number of benzene rings is 1. The van der Waals surface area contributed by atoms with Crippen molar-refractivity contribution in [1.82, 2.24) is 24.1 Å². The van der Waals surface area contributed by atoms with E-state index >= 15 is 0 Å². The third-order valence-corrected chi connectivity index (χ3v) is 4.65. The molecule has 0 radical (unpaired) electrons. The van der Waals surface area contributed by atoms with Gasteiger partial charge in [0, 0.05) is 6.04 Å². The SMILES string of the molecule is CC(C)n1c(=O)c2c(-c3nc(C(C)(C)O)no3)ncn2c2cccc(Cl)c21. The fraction of sp³-hybridized carbons (Fsp3) is 0.333. The molecule has 4 rings (SSSR count). The predicted octanol–water partition coefficient (Wildman–Crippen LogP) is 3.16. The van der Waals surface area contributed by atoms with Gasteiger partial charge in [0.05, 0.1) is 16.1 Å². The van der Waals surface area contributed by atoms with E-state index in [0.717, 1.165) is 5.52 Å². The van der Waals surface area contributed by atoms with Crippen LogP contribution in [-0.2, 0) is 5.60 Å². The second-order valence-electron chi connectivity index (χ2n) is 7.17. The first-order valence-corrected chi connectivity index (χ1v) is 8.84. The number of halogens is 1. The maximum absolute atomic E-state index is 13.3. The molecule has 27 heavy (non-hydrogen) atoms. The Morgan fingerprint density at radius 1 is 1.26 bits per heavy atom. The van der Waals surface area contributed by atoms with Gasteiger partial charge in [-0.3, -0.25) is 9.20 Å². The summed E-state index contributed by atoms with van der Waals surface area (Å²) in [7, 11) is 0. The number of rotatable bonds is 3. The van der Waals surface area contributed by atoms with Crippen LogP contribution < -0.4 is 5.56 Å². The summed E-state index contributed by atoms with van der Waals surface area (Å²) in [4.78, 5) is 21.8. The maximum atomic E-state index is 13.3. The van der Waals surface area contributed by atoms with E-state index in [1.54, 1.807) is 28.9 Å². The highest BCUT2D eigenvalue weighted by Gasteiger charge is 2.27. The van der Waals surface area contributed by atoms with Gasteiger partial charge in [-0.25, -0.2) is 4.98 Å². The average Bonchev–Trinajstić information content (AvgIpc) is 3.22. The molecule has 0 atom stereocenters. The van der Waals surface area contributed by atoms with E-state index in [1.165, 1.54) is 6.33 Å². The molecule has 0 aliphatic rings. The van der Waals surface area contributed by atoms with Crippen molar-refractivity contribution in [2.24, 2.45) is 0 Å². The van der Waals surface area contributed by atoms with E-state index < -0.39 is 5.60 Å². The lowest BCUT2D eigenvalue weighted by atomic mass is 10.1. The number of aromatic nitrogens is 5. The number of para-hydroxylation sites is 1. The first kappa shape index (κ1) is 17.7. The van der Waals surface area contributed by atoms with Gasteiger partial charge in [0.2, 0.25) is 5.82 Å². The summed E-state index contributed by atoms with van der Waals surface area (Å²) < 4.78 is 8.57. The van der Waals surface area contributed by atoms with Gasteiger partial charge < -0.3 is 14.2 Å². The smallest absolute Gasteiger partial charge is 0.279 e. The van der Waals surface area contributed by atoms with Crippen LogP contribution in [0, 0.1) is 0 Å². The Labute approximate surface area is 159 Å². The minimum atomic E-state index is -1.27. The molecule has 0 bridgehead atoms. The minimum Gasteiger partial charge on any atom is -0.382 e. The van der Waals surface area contributed by atoms with Crippen molar-refractivity contribution in [3.05, 3.63) is 45.7 Å². The Hall–Kier alpha value is -2.71. The van der Waals surface area contributed by atoms with E-state index in [-0.39, 0.29) is 29.0 Å². The van der Waals surface area contributed by atoms with Crippen LogP contribution in [0.5, 0.6) is 0 Å². The van der Waals surface area contributed by atoms with E-state index in [9.17, 15) is 9.90 Å². The van der Waals surface area contributed by atoms with E-state index in [0.29, 0.717) is 16.1 Å². The Bertz CT molecular complexity index is 1230. The molecule has 0 amide bonds. The van der Waals surface area contributed by atoms with Crippen molar-refractivity contribution in [3.63, 3.8) is 0 Å². The van der Waals surface area contributed by atoms with Crippen molar-refractivity contribution < 1.29 is 9.63 Å². The summed E-state index contributed by atoms with van der Waals surface area (Å²) in [5, 5.41) is 14.3. The largest absolute Gasteiger partial charge is 0.382 e. The zero-order valence-electron chi connectivity index (χ0n) is 15.3. The molecule has 4 aromatic rings. The minimum absolute atomic E-state index is 0.0726. The molecule has 140 valence electrons. The zero-order chi connectivity index (χ0) is 19.5. The van der Waals surface area contributed by atoms with Crippen molar-refractivity contribution in [1.29, 1.82) is 0 Å². The normalized spacial score (nSPS) is 12.6. The Morgan fingerprint density at radius 3 is 2.63 bits per heavy atom. The van der Waals surface area contributed by atoms with Gasteiger partial charge in [0.15, 0.2) is 5.69 Å². The number of fused-ring (bicyclic) bond motifs is 3. The van der Waals surface area contributed by atoms with Crippen LogP contribution >= 0.6 is 11.6 Å². The van der Waals surface area contributed by atoms with Crippen LogP contribution in [0.2, 0.25) is 5.02 Å².